The Kier molecular flexibility index (Phi) is 6.75. The van der Waals surface area contributed by atoms with Crippen LogP contribution in [-0.2, 0) is 28.5 Å². The number of sulfonamides is 1. The third kappa shape index (κ3) is 5.43. The van der Waals surface area contributed by atoms with E-state index in [2.05, 4.69) is 10.2 Å². The zero-order valence-electron chi connectivity index (χ0n) is 20.0. The summed E-state index contributed by atoms with van der Waals surface area (Å²) in [5.41, 5.74) is 16.3. The molecule has 0 amide bonds. The van der Waals surface area contributed by atoms with Gasteiger partial charge >= 0.3 is 0 Å². The number of rotatable bonds is 8. The fraction of sp³-hybridized carbons (Fsp3) is 0.231. The highest BCUT2D eigenvalue weighted by molar-refractivity contribution is 7.92. The van der Waals surface area contributed by atoms with Crippen LogP contribution in [-0.4, -0.2) is 31.9 Å². The first kappa shape index (κ1) is 24.6. The lowest BCUT2D eigenvalue weighted by molar-refractivity contribution is 0.355. The van der Waals surface area contributed by atoms with Crippen molar-refractivity contribution in [1.82, 2.24) is 10.2 Å². The molecule has 0 spiro atoms. The normalized spacial score (nSPS) is 13.4. The Balaban J connectivity index is 1.79. The van der Waals surface area contributed by atoms with Gasteiger partial charge in [0.2, 0.25) is 21.8 Å². The highest BCUT2D eigenvalue weighted by atomic mass is 32.2. The summed E-state index contributed by atoms with van der Waals surface area (Å²) in [7, 11) is -2.00. The predicted octanol–water partition coefficient (Wildman–Crippen LogP) is 3.67. The largest absolute Gasteiger partial charge is 0.419 e. The number of anilines is 1. The van der Waals surface area contributed by atoms with E-state index < -0.39 is 15.6 Å². The lowest BCUT2D eigenvalue weighted by atomic mass is 9.94. The first-order chi connectivity index (χ1) is 16.6. The average molecular weight is 492 g/mol. The molecule has 0 saturated carbocycles. The smallest absolute Gasteiger partial charge is 0.247 e. The van der Waals surface area contributed by atoms with Crippen molar-refractivity contribution in [3.8, 4) is 22.6 Å². The van der Waals surface area contributed by atoms with Crippen LogP contribution < -0.4 is 15.8 Å². The first-order valence-corrected chi connectivity index (χ1v) is 13.0. The van der Waals surface area contributed by atoms with E-state index in [9.17, 15) is 8.42 Å². The topological polar surface area (TPSA) is 128 Å². The summed E-state index contributed by atoms with van der Waals surface area (Å²) < 4.78 is 31.8. The highest BCUT2D eigenvalue weighted by Gasteiger charge is 2.29. The maximum atomic E-state index is 12.3. The minimum atomic E-state index is -3.50. The van der Waals surface area contributed by atoms with Crippen molar-refractivity contribution in [2.24, 2.45) is 11.5 Å². The van der Waals surface area contributed by atoms with Gasteiger partial charge in [-0.3, -0.25) is 4.31 Å². The van der Waals surface area contributed by atoms with Crippen LogP contribution in [0.4, 0.5) is 5.69 Å². The summed E-state index contributed by atoms with van der Waals surface area (Å²) in [5.74, 6) is 0.544. The molecule has 3 aromatic carbocycles. The number of nitrogens with two attached hydrogens (primary N) is 2. The summed E-state index contributed by atoms with van der Waals surface area (Å²) in [6.45, 7) is 2.18. The van der Waals surface area contributed by atoms with Gasteiger partial charge in [0.15, 0.2) is 0 Å². The number of aromatic nitrogens is 2. The monoisotopic (exact) mass is 491 g/mol. The van der Waals surface area contributed by atoms with Crippen LogP contribution in [0.2, 0.25) is 0 Å². The summed E-state index contributed by atoms with van der Waals surface area (Å²) in [5, 5.41) is 8.47. The van der Waals surface area contributed by atoms with Gasteiger partial charge in [-0.05, 0) is 53.8 Å². The molecule has 0 fully saturated rings. The Hall–Kier alpha value is -3.53. The second-order valence-electron chi connectivity index (χ2n) is 8.85. The summed E-state index contributed by atoms with van der Waals surface area (Å²) in [6, 6.07) is 23.0. The zero-order chi connectivity index (χ0) is 25.2. The van der Waals surface area contributed by atoms with Gasteiger partial charge < -0.3 is 15.9 Å². The Bertz CT molecular complexity index is 1430. The van der Waals surface area contributed by atoms with Gasteiger partial charge in [-0.2, -0.15) is 0 Å². The zero-order valence-corrected chi connectivity index (χ0v) is 20.8. The van der Waals surface area contributed by atoms with E-state index in [1.54, 1.807) is 12.1 Å². The van der Waals surface area contributed by atoms with Crippen LogP contribution >= 0.6 is 0 Å². The molecular weight excluding hydrogens is 462 g/mol. The van der Waals surface area contributed by atoms with Crippen LogP contribution in [0.5, 0.6) is 0 Å². The Morgan fingerprint density at radius 1 is 0.971 bits per heavy atom. The average Bonchev–Trinajstić information content (AvgIpc) is 3.35. The van der Waals surface area contributed by atoms with E-state index in [1.165, 1.54) is 11.4 Å². The van der Waals surface area contributed by atoms with Crippen molar-refractivity contribution in [2.45, 2.75) is 25.4 Å². The highest BCUT2D eigenvalue weighted by Crippen LogP contribution is 2.34. The molecule has 0 bridgehead atoms. The summed E-state index contributed by atoms with van der Waals surface area (Å²) >= 11 is 0. The molecule has 4 rings (SSSR count). The molecule has 9 heteroatoms. The fourth-order valence-corrected chi connectivity index (χ4v) is 4.40. The van der Waals surface area contributed by atoms with E-state index in [0.717, 1.165) is 28.5 Å². The van der Waals surface area contributed by atoms with Gasteiger partial charge in [-0.1, -0.05) is 54.6 Å². The lowest BCUT2D eigenvalue weighted by Gasteiger charge is -2.20. The van der Waals surface area contributed by atoms with Crippen molar-refractivity contribution in [3.05, 3.63) is 89.8 Å². The van der Waals surface area contributed by atoms with Gasteiger partial charge in [0.1, 0.15) is 0 Å². The Morgan fingerprint density at radius 2 is 1.63 bits per heavy atom. The second kappa shape index (κ2) is 9.61. The van der Waals surface area contributed by atoms with Crippen LogP contribution in [0, 0.1) is 0 Å². The number of hydrogen-bond donors (Lipinski definition) is 2. The standard InChI is InChI=1S/C26H29N5O3S/c1-26(28,16-18-9-5-4-6-10-18)25-30-29-24(34-25)21-13-20(23-12-8-7-11-19(23)17-27)14-22(15-21)31(2)35(3,32)33/h4-15H,16-17,27-28H2,1-3H3/t26-/m0/s1. The van der Waals surface area contributed by atoms with Gasteiger partial charge in [-0.25, -0.2) is 8.42 Å². The van der Waals surface area contributed by atoms with Crippen LogP contribution in [0.15, 0.2) is 77.2 Å². The third-order valence-electron chi connectivity index (χ3n) is 5.90. The van der Waals surface area contributed by atoms with Crippen molar-refractivity contribution in [1.29, 1.82) is 0 Å². The maximum absolute atomic E-state index is 12.3. The van der Waals surface area contributed by atoms with Crippen molar-refractivity contribution in [2.75, 3.05) is 17.6 Å². The Labute approximate surface area is 205 Å². The molecule has 0 aliphatic carbocycles. The lowest BCUT2D eigenvalue weighted by Crippen LogP contribution is -2.35. The molecule has 182 valence electrons. The molecule has 1 atom stereocenters. The summed E-state index contributed by atoms with van der Waals surface area (Å²) in [6.07, 6.45) is 1.67. The minimum Gasteiger partial charge on any atom is -0.419 e. The molecule has 0 unspecified atom stereocenters. The predicted molar refractivity (Wildman–Crippen MR) is 138 cm³/mol. The molecule has 1 heterocycles. The number of benzene rings is 3. The minimum absolute atomic E-state index is 0.250. The molecule has 0 aliphatic heterocycles. The van der Waals surface area contributed by atoms with E-state index in [1.807, 2.05) is 67.6 Å². The quantitative estimate of drug-likeness (QED) is 0.385. The third-order valence-corrected chi connectivity index (χ3v) is 7.11. The fourth-order valence-electron chi connectivity index (χ4n) is 3.91. The van der Waals surface area contributed by atoms with Gasteiger partial charge in [-0.15, -0.1) is 10.2 Å². The maximum Gasteiger partial charge on any atom is 0.247 e. The van der Waals surface area contributed by atoms with E-state index in [4.69, 9.17) is 15.9 Å². The molecular formula is C26H29N5O3S. The SMILES string of the molecule is CN(c1cc(-c2nnc([C@@](C)(N)Cc3ccccc3)o2)cc(-c2ccccc2CN)c1)S(C)(=O)=O. The first-order valence-electron chi connectivity index (χ1n) is 11.1. The summed E-state index contributed by atoms with van der Waals surface area (Å²) in [4.78, 5) is 0. The Morgan fingerprint density at radius 3 is 2.31 bits per heavy atom. The van der Waals surface area contributed by atoms with Gasteiger partial charge in [0, 0.05) is 19.2 Å². The van der Waals surface area contributed by atoms with Crippen molar-refractivity contribution >= 4 is 15.7 Å². The van der Waals surface area contributed by atoms with Gasteiger partial charge in [0.25, 0.3) is 0 Å². The van der Waals surface area contributed by atoms with Crippen LogP contribution in [0.1, 0.15) is 23.9 Å². The molecule has 0 saturated heterocycles. The molecule has 35 heavy (non-hydrogen) atoms. The molecule has 0 radical (unpaired) electrons. The number of nitrogens with zero attached hydrogens (tertiary/aromatic N) is 3. The van der Waals surface area contributed by atoms with E-state index in [0.29, 0.717) is 30.1 Å². The van der Waals surface area contributed by atoms with Gasteiger partial charge in [0.05, 0.1) is 17.5 Å². The molecule has 4 aromatic rings. The molecule has 1 aromatic heterocycles. The molecule has 8 nitrogen and oxygen atoms in total. The van der Waals surface area contributed by atoms with Crippen molar-refractivity contribution in [3.63, 3.8) is 0 Å². The van der Waals surface area contributed by atoms with Crippen LogP contribution in [0.25, 0.3) is 22.6 Å². The van der Waals surface area contributed by atoms with E-state index in [-0.39, 0.29) is 5.89 Å². The van der Waals surface area contributed by atoms with Crippen LogP contribution in [0.3, 0.4) is 0 Å². The number of hydrogen-bond acceptors (Lipinski definition) is 7. The second-order valence-corrected chi connectivity index (χ2v) is 10.9. The molecule has 4 N–H and O–H groups in total. The van der Waals surface area contributed by atoms with E-state index >= 15 is 0 Å². The van der Waals surface area contributed by atoms with Crippen molar-refractivity contribution < 1.29 is 12.8 Å². The molecule has 0 aliphatic rings.